The Balaban J connectivity index is 2.30. The molecule has 0 spiro atoms. The molecule has 1 rings (SSSR count). The molecule has 0 heterocycles. The molecule has 0 aromatic carbocycles. The van der Waals surface area contributed by atoms with Crippen LogP contribution < -0.4 is 0 Å². The minimum absolute atomic E-state index is 0.0630. The van der Waals surface area contributed by atoms with Crippen LogP contribution in [0, 0.1) is 5.92 Å². The molecule has 0 aromatic rings. The number of carbonyl (C=O) groups is 1. The van der Waals surface area contributed by atoms with Crippen molar-refractivity contribution in [3.8, 4) is 0 Å². The minimum Gasteiger partial charge on any atom is -0.465 e. The monoisotopic (exact) mass is 568 g/mol. The van der Waals surface area contributed by atoms with E-state index in [4.69, 9.17) is 9.47 Å². The zero-order chi connectivity index (χ0) is 29.1. The Morgan fingerprint density at radius 2 is 1.20 bits per heavy atom. The predicted octanol–water partition coefficient (Wildman–Crippen LogP) is 9.24. The number of nitrogens with zero attached hydrogens (tertiary/aromatic N) is 1. The third-order valence-corrected chi connectivity index (χ3v) is 8.94. The number of ether oxygens (including phenoxy) is 2. The van der Waals surface area contributed by atoms with Gasteiger partial charge in [-0.3, -0.25) is 9.69 Å². The second-order valence-electron chi connectivity index (χ2n) is 12.5. The third-order valence-electron chi connectivity index (χ3n) is 8.94. The number of hydrogen-bond acceptors (Lipinski definition) is 5. The van der Waals surface area contributed by atoms with Crippen LogP contribution in [0.15, 0.2) is 0 Å². The van der Waals surface area contributed by atoms with Gasteiger partial charge in [0.1, 0.15) is 0 Å². The van der Waals surface area contributed by atoms with Gasteiger partial charge in [-0.15, -0.1) is 0 Å². The van der Waals surface area contributed by atoms with Crippen LogP contribution in [-0.2, 0) is 14.3 Å². The van der Waals surface area contributed by atoms with E-state index in [0.29, 0.717) is 12.6 Å². The van der Waals surface area contributed by atoms with Gasteiger partial charge in [-0.25, -0.2) is 0 Å². The average molecular weight is 568 g/mol. The molecule has 3 atom stereocenters. The van der Waals surface area contributed by atoms with E-state index in [9.17, 15) is 9.90 Å². The molecule has 0 radical (unpaired) electrons. The second-order valence-corrected chi connectivity index (χ2v) is 12.5. The molecule has 1 N–H and O–H groups in total. The summed E-state index contributed by atoms with van der Waals surface area (Å²) in [6, 6.07) is 0.342. The quantitative estimate of drug-likeness (QED) is 0.0754. The molecular weight excluding hydrogens is 498 g/mol. The average Bonchev–Trinajstić information content (AvgIpc) is 2.96. The highest BCUT2D eigenvalue weighted by molar-refractivity contribution is 5.72. The molecule has 3 unspecified atom stereocenters. The van der Waals surface area contributed by atoms with Gasteiger partial charge in [0.15, 0.2) is 0 Å². The molecule has 0 amide bonds. The largest absolute Gasteiger partial charge is 0.465 e. The molecule has 0 aromatic heterocycles. The van der Waals surface area contributed by atoms with Crippen molar-refractivity contribution in [3.63, 3.8) is 0 Å². The number of rotatable bonds is 28. The van der Waals surface area contributed by atoms with Crippen molar-refractivity contribution in [2.75, 3.05) is 33.4 Å². The summed E-state index contributed by atoms with van der Waals surface area (Å²) in [4.78, 5) is 15.5. The third kappa shape index (κ3) is 19.5. The zero-order valence-corrected chi connectivity index (χ0v) is 27.2. The number of aliphatic hydroxyl groups is 1. The summed E-state index contributed by atoms with van der Waals surface area (Å²) in [5.74, 6) is 0.168. The zero-order valence-electron chi connectivity index (χ0n) is 27.2. The number of carbonyl (C=O) groups excluding carboxylic acids is 1. The van der Waals surface area contributed by atoms with Crippen LogP contribution in [0.3, 0.4) is 0 Å². The summed E-state index contributed by atoms with van der Waals surface area (Å²) in [6.07, 6.45) is 28.2. The van der Waals surface area contributed by atoms with Crippen LogP contribution in [0.4, 0.5) is 0 Å². The molecule has 5 heteroatoms. The van der Waals surface area contributed by atoms with Crippen LogP contribution in [0.5, 0.6) is 0 Å². The van der Waals surface area contributed by atoms with E-state index in [0.717, 1.165) is 77.5 Å². The Kier molecular flexibility index (Phi) is 25.4. The SMILES string of the molecule is CCCCCCCCC(CCCCCC)C(=O)OCCCCCCN(CCCCCCOC)C1CCCCC1O. The lowest BCUT2D eigenvalue weighted by Crippen LogP contribution is -2.46. The predicted molar refractivity (Wildman–Crippen MR) is 170 cm³/mol. The van der Waals surface area contributed by atoms with E-state index in [1.165, 1.54) is 96.3 Å². The summed E-state index contributed by atoms with van der Waals surface area (Å²) in [6.45, 7) is 8.12. The molecule has 0 bridgehead atoms. The Morgan fingerprint density at radius 3 is 1.80 bits per heavy atom. The Hall–Kier alpha value is -0.650. The smallest absolute Gasteiger partial charge is 0.308 e. The van der Waals surface area contributed by atoms with Crippen LogP contribution in [-0.4, -0.2) is 61.5 Å². The first kappa shape index (κ1) is 37.4. The van der Waals surface area contributed by atoms with Crippen molar-refractivity contribution >= 4 is 5.97 Å². The Labute approximate surface area is 249 Å². The number of esters is 1. The Morgan fingerprint density at radius 1 is 0.700 bits per heavy atom. The van der Waals surface area contributed by atoms with E-state index < -0.39 is 0 Å². The molecule has 5 nitrogen and oxygen atoms in total. The summed E-state index contributed by atoms with van der Waals surface area (Å²) in [7, 11) is 1.78. The summed E-state index contributed by atoms with van der Waals surface area (Å²) < 4.78 is 11.0. The van der Waals surface area contributed by atoms with Gasteiger partial charge in [-0.1, -0.05) is 117 Å². The lowest BCUT2D eigenvalue weighted by atomic mass is 9.91. The van der Waals surface area contributed by atoms with Crippen molar-refractivity contribution in [1.82, 2.24) is 4.90 Å². The molecule has 0 saturated heterocycles. The van der Waals surface area contributed by atoms with Crippen molar-refractivity contribution in [1.29, 1.82) is 0 Å². The first-order valence-corrected chi connectivity index (χ1v) is 17.7. The normalized spacial score (nSPS) is 18.3. The summed E-state index contributed by atoms with van der Waals surface area (Å²) in [5.41, 5.74) is 0. The highest BCUT2D eigenvalue weighted by Crippen LogP contribution is 2.25. The van der Waals surface area contributed by atoms with Crippen molar-refractivity contribution < 1.29 is 19.4 Å². The topological polar surface area (TPSA) is 59.0 Å². The highest BCUT2D eigenvalue weighted by atomic mass is 16.5. The van der Waals surface area contributed by atoms with Crippen molar-refractivity contribution in [2.24, 2.45) is 5.92 Å². The summed E-state index contributed by atoms with van der Waals surface area (Å²) >= 11 is 0. The molecule has 1 saturated carbocycles. The van der Waals surface area contributed by atoms with E-state index in [-0.39, 0.29) is 18.0 Å². The fourth-order valence-corrected chi connectivity index (χ4v) is 6.31. The van der Waals surface area contributed by atoms with Crippen LogP contribution in [0.25, 0.3) is 0 Å². The number of methoxy groups -OCH3 is 1. The van der Waals surface area contributed by atoms with E-state index in [2.05, 4.69) is 18.7 Å². The maximum absolute atomic E-state index is 12.9. The van der Waals surface area contributed by atoms with Gasteiger partial charge in [0.2, 0.25) is 0 Å². The molecule has 1 aliphatic carbocycles. The number of hydrogen-bond donors (Lipinski definition) is 1. The standard InChI is InChI=1S/C35H69NO4/c1-4-6-8-10-11-17-25-32(24-16-9-7-5-2)35(38)40-31-23-15-13-21-29-36(28-20-12-14-22-30-39-3)33-26-18-19-27-34(33)37/h32-34,37H,4-31H2,1-3H3. The van der Waals surface area contributed by atoms with Crippen LogP contribution in [0.2, 0.25) is 0 Å². The molecule has 40 heavy (non-hydrogen) atoms. The van der Waals surface area contributed by atoms with Gasteiger partial charge < -0.3 is 14.6 Å². The molecule has 0 aliphatic heterocycles. The van der Waals surface area contributed by atoms with E-state index in [1.807, 2.05) is 0 Å². The van der Waals surface area contributed by atoms with Crippen molar-refractivity contribution in [3.05, 3.63) is 0 Å². The lowest BCUT2D eigenvalue weighted by molar-refractivity contribution is -0.149. The van der Waals surface area contributed by atoms with Crippen LogP contribution in [0.1, 0.15) is 168 Å². The number of unbranched alkanes of at least 4 members (excludes halogenated alkanes) is 14. The second kappa shape index (κ2) is 27.2. The first-order valence-electron chi connectivity index (χ1n) is 17.7. The highest BCUT2D eigenvalue weighted by Gasteiger charge is 2.28. The first-order chi connectivity index (χ1) is 19.6. The molecule has 1 aliphatic rings. The summed E-state index contributed by atoms with van der Waals surface area (Å²) in [5, 5.41) is 10.7. The van der Waals surface area contributed by atoms with E-state index >= 15 is 0 Å². The van der Waals surface area contributed by atoms with Gasteiger partial charge in [0, 0.05) is 19.8 Å². The van der Waals surface area contributed by atoms with Crippen LogP contribution >= 0.6 is 0 Å². The lowest BCUT2D eigenvalue weighted by Gasteiger charge is -2.38. The van der Waals surface area contributed by atoms with Gasteiger partial charge in [0.05, 0.1) is 18.6 Å². The molecular formula is C35H69NO4. The fourth-order valence-electron chi connectivity index (χ4n) is 6.31. The van der Waals surface area contributed by atoms with Gasteiger partial charge in [-0.2, -0.15) is 0 Å². The van der Waals surface area contributed by atoms with Crippen molar-refractivity contribution in [2.45, 2.75) is 180 Å². The van der Waals surface area contributed by atoms with Gasteiger partial charge in [0.25, 0.3) is 0 Å². The maximum Gasteiger partial charge on any atom is 0.308 e. The van der Waals surface area contributed by atoms with Gasteiger partial charge >= 0.3 is 5.97 Å². The van der Waals surface area contributed by atoms with E-state index in [1.54, 1.807) is 7.11 Å². The molecule has 238 valence electrons. The number of aliphatic hydroxyl groups excluding tert-OH is 1. The minimum atomic E-state index is -0.159. The van der Waals surface area contributed by atoms with Gasteiger partial charge in [-0.05, 0) is 64.5 Å². The Bertz CT molecular complexity index is 558. The maximum atomic E-state index is 12.9. The fraction of sp³-hybridized carbons (Fsp3) is 0.971. The molecule has 1 fully saturated rings.